The van der Waals surface area contributed by atoms with Gasteiger partial charge in [-0.05, 0) is 46.9 Å². The number of benzene rings is 2. The second-order valence-corrected chi connectivity index (χ2v) is 5.24. The van der Waals surface area contributed by atoms with E-state index in [9.17, 15) is 14.9 Å². The van der Waals surface area contributed by atoms with Crippen LogP contribution in [0, 0.1) is 13.7 Å². The molecule has 0 spiro atoms. The van der Waals surface area contributed by atoms with E-state index in [0.29, 0.717) is 5.69 Å². The van der Waals surface area contributed by atoms with Crippen LogP contribution in [0.15, 0.2) is 42.5 Å². The fourth-order valence-electron chi connectivity index (χ4n) is 1.73. The molecule has 0 saturated heterocycles. The molecule has 21 heavy (non-hydrogen) atoms. The molecular weight excluding hydrogens is 387 g/mol. The molecule has 6 nitrogen and oxygen atoms in total. The molecule has 1 N–H and O–H groups in total. The van der Waals surface area contributed by atoms with Gasteiger partial charge < -0.3 is 10.1 Å². The maximum atomic E-state index is 12.2. The maximum Gasteiger partial charge on any atom is 0.311 e. The van der Waals surface area contributed by atoms with Crippen molar-refractivity contribution in [2.24, 2.45) is 0 Å². The van der Waals surface area contributed by atoms with E-state index in [1.807, 2.05) is 12.1 Å². The molecule has 2 aromatic carbocycles. The number of nitrogens with zero attached hydrogens (tertiary/aromatic N) is 1. The number of carbonyl (C=O) groups excluding carboxylic acids is 1. The van der Waals surface area contributed by atoms with Crippen LogP contribution in [0.4, 0.5) is 11.4 Å². The zero-order valence-corrected chi connectivity index (χ0v) is 13.2. The summed E-state index contributed by atoms with van der Waals surface area (Å²) in [6.45, 7) is 0. The second-order valence-electron chi connectivity index (χ2n) is 4.08. The summed E-state index contributed by atoms with van der Waals surface area (Å²) in [5.41, 5.74) is 0.608. The lowest BCUT2D eigenvalue weighted by molar-refractivity contribution is -0.385. The molecule has 0 aromatic heterocycles. The van der Waals surface area contributed by atoms with Gasteiger partial charge in [-0.25, -0.2) is 0 Å². The van der Waals surface area contributed by atoms with Crippen molar-refractivity contribution in [2.75, 3.05) is 12.4 Å². The lowest BCUT2D eigenvalue weighted by Crippen LogP contribution is -2.13. The Balaban J connectivity index is 2.30. The molecule has 0 aliphatic rings. The number of halogens is 1. The number of methoxy groups -OCH3 is 1. The molecular formula is C14H11IN2O4. The molecule has 2 rings (SSSR count). The van der Waals surface area contributed by atoms with Gasteiger partial charge in [-0.1, -0.05) is 12.1 Å². The average Bonchev–Trinajstić information content (AvgIpc) is 2.48. The number of hydrogen-bond acceptors (Lipinski definition) is 4. The molecule has 0 aliphatic carbocycles. The maximum absolute atomic E-state index is 12.2. The molecule has 0 aliphatic heterocycles. The minimum absolute atomic E-state index is 0.117. The van der Waals surface area contributed by atoms with E-state index >= 15 is 0 Å². The minimum Gasteiger partial charge on any atom is -0.490 e. The summed E-state index contributed by atoms with van der Waals surface area (Å²) in [5, 5.41) is 13.7. The largest absolute Gasteiger partial charge is 0.490 e. The number of anilines is 1. The molecule has 0 heterocycles. The number of amides is 1. The van der Waals surface area contributed by atoms with Crippen molar-refractivity contribution in [3.8, 4) is 5.75 Å². The first kappa shape index (κ1) is 15.2. The van der Waals surface area contributed by atoms with E-state index in [1.54, 1.807) is 12.1 Å². The molecule has 7 heteroatoms. The summed E-state index contributed by atoms with van der Waals surface area (Å²) in [7, 11) is 1.34. The average molecular weight is 398 g/mol. The van der Waals surface area contributed by atoms with Gasteiger partial charge in [0.1, 0.15) is 0 Å². The smallest absolute Gasteiger partial charge is 0.311 e. The third-order valence-corrected chi connectivity index (χ3v) is 3.70. The lowest BCUT2D eigenvalue weighted by Gasteiger charge is -2.08. The molecule has 108 valence electrons. The van der Waals surface area contributed by atoms with Gasteiger partial charge in [0.05, 0.1) is 17.7 Å². The highest BCUT2D eigenvalue weighted by Gasteiger charge is 2.18. The first-order valence-electron chi connectivity index (χ1n) is 5.91. The summed E-state index contributed by atoms with van der Waals surface area (Å²) >= 11 is 2.10. The van der Waals surface area contributed by atoms with Gasteiger partial charge in [0.25, 0.3) is 5.91 Å². The summed E-state index contributed by atoms with van der Waals surface area (Å²) in [4.78, 5) is 22.5. The molecule has 0 unspecified atom stereocenters. The van der Waals surface area contributed by atoms with E-state index in [-0.39, 0.29) is 17.0 Å². The van der Waals surface area contributed by atoms with Crippen molar-refractivity contribution in [2.45, 2.75) is 0 Å². The van der Waals surface area contributed by atoms with Gasteiger partial charge in [0, 0.05) is 15.2 Å². The minimum atomic E-state index is -0.581. The highest BCUT2D eigenvalue weighted by atomic mass is 127. The highest BCUT2D eigenvalue weighted by Crippen LogP contribution is 2.28. The van der Waals surface area contributed by atoms with E-state index in [1.165, 1.54) is 25.3 Å². The zero-order valence-electron chi connectivity index (χ0n) is 11.0. The number of para-hydroxylation sites is 1. The van der Waals surface area contributed by atoms with E-state index < -0.39 is 10.8 Å². The Labute approximate surface area is 134 Å². The number of hydrogen-bond donors (Lipinski definition) is 1. The third kappa shape index (κ3) is 3.48. The highest BCUT2D eigenvalue weighted by molar-refractivity contribution is 14.1. The van der Waals surface area contributed by atoms with Crippen LogP contribution in [0.3, 0.4) is 0 Å². The normalized spacial score (nSPS) is 10.0. The molecule has 0 bridgehead atoms. The van der Waals surface area contributed by atoms with Crippen molar-refractivity contribution < 1.29 is 14.5 Å². The predicted molar refractivity (Wildman–Crippen MR) is 86.8 cm³/mol. The lowest BCUT2D eigenvalue weighted by atomic mass is 10.1. The number of ether oxygens (including phenoxy) is 1. The van der Waals surface area contributed by atoms with E-state index in [4.69, 9.17) is 4.74 Å². The SMILES string of the molecule is COc1ccc(C(=O)Nc2ccccc2I)cc1[N+](=O)[O-]. The number of nitro groups is 1. The number of nitro benzene ring substituents is 1. The topological polar surface area (TPSA) is 81.5 Å². The molecule has 0 fully saturated rings. The van der Waals surface area contributed by atoms with Crippen molar-refractivity contribution in [1.29, 1.82) is 0 Å². The van der Waals surface area contributed by atoms with Gasteiger partial charge in [0.2, 0.25) is 0 Å². The predicted octanol–water partition coefficient (Wildman–Crippen LogP) is 3.46. The first-order chi connectivity index (χ1) is 10.0. The number of rotatable bonds is 4. The van der Waals surface area contributed by atoms with Crippen LogP contribution >= 0.6 is 22.6 Å². The molecule has 1 amide bonds. The van der Waals surface area contributed by atoms with Gasteiger partial charge in [-0.15, -0.1) is 0 Å². The molecule has 2 aromatic rings. The van der Waals surface area contributed by atoms with Crippen molar-refractivity contribution >= 4 is 39.9 Å². The number of nitrogens with one attached hydrogen (secondary N) is 1. The van der Waals surface area contributed by atoms with Crippen LogP contribution in [0.25, 0.3) is 0 Å². The summed E-state index contributed by atoms with van der Waals surface area (Å²) in [5.74, 6) is -0.296. The molecule has 0 atom stereocenters. The monoisotopic (exact) mass is 398 g/mol. The fraction of sp³-hybridized carbons (Fsp3) is 0.0714. The van der Waals surface area contributed by atoms with Gasteiger partial charge >= 0.3 is 5.69 Å². The van der Waals surface area contributed by atoms with Gasteiger partial charge in [-0.2, -0.15) is 0 Å². The van der Waals surface area contributed by atoms with E-state index in [2.05, 4.69) is 27.9 Å². The molecule has 0 radical (unpaired) electrons. The Bertz CT molecular complexity index is 703. The number of carbonyl (C=O) groups is 1. The fourth-order valence-corrected chi connectivity index (χ4v) is 2.25. The quantitative estimate of drug-likeness (QED) is 0.486. The standard InChI is InChI=1S/C14H11IN2O4/c1-21-13-7-6-9(8-12(13)17(19)20)14(18)16-11-5-3-2-4-10(11)15/h2-8H,1H3,(H,16,18). The van der Waals surface area contributed by atoms with Gasteiger partial charge in [0.15, 0.2) is 5.75 Å². The zero-order chi connectivity index (χ0) is 15.4. The first-order valence-corrected chi connectivity index (χ1v) is 6.99. The Kier molecular flexibility index (Phi) is 4.73. The van der Waals surface area contributed by atoms with Crippen molar-refractivity contribution in [3.05, 3.63) is 61.7 Å². The van der Waals surface area contributed by atoms with Crippen LogP contribution in [0.5, 0.6) is 5.75 Å². The van der Waals surface area contributed by atoms with Crippen LogP contribution in [-0.2, 0) is 0 Å². The van der Waals surface area contributed by atoms with E-state index in [0.717, 1.165) is 3.57 Å². The summed E-state index contributed by atoms with van der Waals surface area (Å²) in [6.07, 6.45) is 0. The summed E-state index contributed by atoms with van der Waals surface area (Å²) < 4.78 is 5.79. The Morgan fingerprint density at radius 2 is 2.00 bits per heavy atom. The Hall–Kier alpha value is -2.16. The van der Waals surface area contributed by atoms with Crippen LogP contribution in [0.2, 0.25) is 0 Å². The summed E-state index contributed by atoms with van der Waals surface area (Å²) in [6, 6.07) is 11.4. The second kappa shape index (κ2) is 6.53. The molecule has 0 saturated carbocycles. The van der Waals surface area contributed by atoms with Crippen molar-refractivity contribution in [1.82, 2.24) is 0 Å². The Morgan fingerprint density at radius 3 is 2.62 bits per heavy atom. The van der Waals surface area contributed by atoms with Crippen LogP contribution in [0.1, 0.15) is 10.4 Å². The van der Waals surface area contributed by atoms with Crippen LogP contribution in [-0.4, -0.2) is 17.9 Å². The van der Waals surface area contributed by atoms with Crippen molar-refractivity contribution in [3.63, 3.8) is 0 Å². The third-order valence-electron chi connectivity index (χ3n) is 2.76. The Morgan fingerprint density at radius 1 is 1.29 bits per heavy atom. The van der Waals surface area contributed by atoms with Gasteiger partial charge in [-0.3, -0.25) is 14.9 Å². The van der Waals surface area contributed by atoms with Crippen LogP contribution < -0.4 is 10.1 Å².